The van der Waals surface area contributed by atoms with Crippen LogP contribution in [0.1, 0.15) is 28.4 Å². The van der Waals surface area contributed by atoms with Crippen molar-refractivity contribution in [2.75, 3.05) is 6.61 Å². The molecule has 3 aromatic rings. The number of amides is 1. The molecule has 2 aromatic carbocycles. The molecule has 146 valence electrons. The van der Waals surface area contributed by atoms with Crippen LogP contribution in [0.2, 0.25) is 0 Å². The monoisotopic (exact) mass is 388 g/mol. The van der Waals surface area contributed by atoms with E-state index in [0.29, 0.717) is 22.3 Å². The molecule has 28 heavy (non-hydrogen) atoms. The zero-order chi connectivity index (χ0) is 20.5. The molecule has 1 heterocycles. The molecular formula is C21H19F3N2O2. The maximum absolute atomic E-state index is 12.8. The van der Waals surface area contributed by atoms with Crippen LogP contribution in [0.25, 0.3) is 22.2 Å². The Balaban J connectivity index is 1.99. The lowest BCUT2D eigenvalue weighted by atomic mass is 10.0. The average molecular weight is 388 g/mol. The second-order valence-corrected chi connectivity index (χ2v) is 6.69. The summed E-state index contributed by atoms with van der Waals surface area (Å²) in [6.45, 7) is 3.39. The lowest BCUT2D eigenvalue weighted by Crippen LogP contribution is -2.34. The molecule has 1 aromatic heterocycles. The molecule has 3 rings (SSSR count). The van der Waals surface area contributed by atoms with Gasteiger partial charge in [0.15, 0.2) is 0 Å². The molecule has 1 amide bonds. The molecule has 1 atom stereocenters. The number of aromatic nitrogens is 1. The first-order valence-electron chi connectivity index (χ1n) is 8.70. The minimum atomic E-state index is -4.39. The van der Waals surface area contributed by atoms with Gasteiger partial charge in [-0.15, -0.1) is 0 Å². The largest absolute Gasteiger partial charge is 0.416 e. The SMILES string of the molecule is Cc1cc(-c2ccc(C(F)(F)F)cc2)nc2cc(C(=O)N[C@@H](C)CO)ccc12. The maximum Gasteiger partial charge on any atom is 0.416 e. The van der Waals surface area contributed by atoms with Crippen LogP contribution in [0.5, 0.6) is 0 Å². The van der Waals surface area contributed by atoms with E-state index < -0.39 is 11.7 Å². The Bertz CT molecular complexity index is 1010. The molecule has 0 unspecified atom stereocenters. The Hall–Kier alpha value is -2.93. The number of aliphatic hydroxyl groups excluding tert-OH is 1. The number of fused-ring (bicyclic) bond motifs is 1. The van der Waals surface area contributed by atoms with Gasteiger partial charge in [-0.3, -0.25) is 4.79 Å². The quantitative estimate of drug-likeness (QED) is 0.699. The minimum Gasteiger partial charge on any atom is -0.394 e. The molecule has 0 saturated heterocycles. The summed E-state index contributed by atoms with van der Waals surface area (Å²) in [5.74, 6) is -0.331. The van der Waals surface area contributed by atoms with E-state index in [4.69, 9.17) is 5.11 Å². The number of carbonyl (C=O) groups is 1. The zero-order valence-corrected chi connectivity index (χ0v) is 15.3. The molecule has 2 N–H and O–H groups in total. The third kappa shape index (κ3) is 4.14. The normalized spacial score (nSPS) is 12.8. The number of aliphatic hydroxyl groups is 1. The van der Waals surface area contributed by atoms with Gasteiger partial charge in [-0.1, -0.05) is 18.2 Å². The van der Waals surface area contributed by atoms with Crippen LogP contribution in [0.3, 0.4) is 0 Å². The van der Waals surface area contributed by atoms with Crippen molar-refractivity contribution in [3.63, 3.8) is 0 Å². The van der Waals surface area contributed by atoms with Gasteiger partial charge in [0.25, 0.3) is 5.91 Å². The third-order valence-corrected chi connectivity index (χ3v) is 4.44. The standard InChI is InChI=1S/C21H19F3N2O2/c1-12-9-18(14-3-6-16(7-4-14)21(22,23)24)26-19-10-15(5-8-17(12)19)20(28)25-13(2)11-27/h3-10,13,27H,11H2,1-2H3,(H,25,28)/t13-/m0/s1. The number of benzene rings is 2. The Kier molecular flexibility index (Phi) is 5.38. The van der Waals surface area contributed by atoms with Gasteiger partial charge in [0.2, 0.25) is 0 Å². The lowest BCUT2D eigenvalue weighted by molar-refractivity contribution is -0.137. The summed E-state index contributed by atoms with van der Waals surface area (Å²) < 4.78 is 38.3. The highest BCUT2D eigenvalue weighted by molar-refractivity contribution is 5.98. The molecule has 0 fully saturated rings. The van der Waals surface area contributed by atoms with Gasteiger partial charge >= 0.3 is 6.18 Å². The van der Waals surface area contributed by atoms with E-state index in [1.54, 1.807) is 31.2 Å². The van der Waals surface area contributed by atoms with E-state index in [0.717, 1.165) is 23.1 Å². The molecule has 0 aliphatic heterocycles. The number of aryl methyl sites for hydroxylation is 1. The highest BCUT2D eigenvalue weighted by Crippen LogP contribution is 2.31. The Morgan fingerprint density at radius 3 is 2.43 bits per heavy atom. The molecule has 0 radical (unpaired) electrons. The Morgan fingerprint density at radius 2 is 1.82 bits per heavy atom. The molecule has 0 spiro atoms. The van der Waals surface area contributed by atoms with Crippen LogP contribution >= 0.6 is 0 Å². The molecule has 0 saturated carbocycles. The summed E-state index contributed by atoms with van der Waals surface area (Å²) in [6.07, 6.45) is -4.39. The Labute approximate surface area is 160 Å². The molecule has 0 aliphatic carbocycles. The van der Waals surface area contributed by atoms with Crippen LogP contribution < -0.4 is 5.32 Å². The van der Waals surface area contributed by atoms with Gasteiger partial charge in [-0.2, -0.15) is 13.2 Å². The molecular weight excluding hydrogens is 369 g/mol. The number of hydrogen-bond acceptors (Lipinski definition) is 3. The summed E-state index contributed by atoms with van der Waals surface area (Å²) >= 11 is 0. The van der Waals surface area contributed by atoms with E-state index >= 15 is 0 Å². The van der Waals surface area contributed by atoms with Crippen LogP contribution in [0.4, 0.5) is 13.2 Å². The smallest absolute Gasteiger partial charge is 0.394 e. The van der Waals surface area contributed by atoms with Crippen molar-refractivity contribution in [3.05, 3.63) is 65.2 Å². The van der Waals surface area contributed by atoms with Crippen molar-refractivity contribution in [1.29, 1.82) is 0 Å². The van der Waals surface area contributed by atoms with Crippen molar-refractivity contribution in [2.45, 2.75) is 26.1 Å². The number of hydrogen-bond donors (Lipinski definition) is 2. The van der Waals surface area contributed by atoms with Gasteiger partial charge in [0.05, 0.1) is 23.4 Å². The minimum absolute atomic E-state index is 0.172. The summed E-state index contributed by atoms with van der Waals surface area (Å²) in [6, 6.07) is 11.3. The molecule has 0 bridgehead atoms. The first-order chi connectivity index (χ1) is 13.2. The molecule has 7 heteroatoms. The zero-order valence-electron chi connectivity index (χ0n) is 15.3. The fourth-order valence-corrected chi connectivity index (χ4v) is 2.87. The number of pyridine rings is 1. The van der Waals surface area contributed by atoms with Gasteiger partial charge in [-0.25, -0.2) is 4.98 Å². The third-order valence-electron chi connectivity index (χ3n) is 4.44. The molecule has 0 aliphatic rings. The van der Waals surface area contributed by atoms with Crippen molar-refractivity contribution < 1.29 is 23.1 Å². The van der Waals surface area contributed by atoms with Gasteiger partial charge < -0.3 is 10.4 Å². The van der Waals surface area contributed by atoms with Crippen LogP contribution in [0.15, 0.2) is 48.5 Å². The van der Waals surface area contributed by atoms with E-state index in [1.165, 1.54) is 12.1 Å². The van der Waals surface area contributed by atoms with E-state index in [9.17, 15) is 18.0 Å². The van der Waals surface area contributed by atoms with Crippen molar-refractivity contribution in [2.24, 2.45) is 0 Å². The number of halogens is 3. The number of nitrogens with zero attached hydrogens (tertiary/aromatic N) is 1. The Morgan fingerprint density at radius 1 is 1.14 bits per heavy atom. The summed E-state index contributed by atoms with van der Waals surface area (Å²) in [4.78, 5) is 16.8. The first kappa shape index (κ1) is 19.8. The maximum atomic E-state index is 12.8. The van der Waals surface area contributed by atoms with Crippen molar-refractivity contribution in [1.82, 2.24) is 10.3 Å². The topological polar surface area (TPSA) is 62.2 Å². The average Bonchev–Trinajstić information content (AvgIpc) is 2.66. The number of carbonyl (C=O) groups excluding carboxylic acids is 1. The fourth-order valence-electron chi connectivity index (χ4n) is 2.87. The van der Waals surface area contributed by atoms with Gasteiger partial charge in [0.1, 0.15) is 0 Å². The summed E-state index contributed by atoms with van der Waals surface area (Å²) in [7, 11) is 0. The number of nitrogens with one attached hydrogen (secondary N) is 1. The number of alkyl halides is 3. The summed E-state index contributed by atoms with van der Waals surface area (Å²) in [5, 5.41) is 12.6. The predicted octanol–water partition coefficient (Wildman–Crippen LogP) is 4.34. The van der Waals surface area contributed by atoms with E-state index in [1.807, 2.05) is 6.92 Å². The number of rotatable bonds is 4. The fraction of sp³-hybridized carbons (Fsp3) is 0.238. The second kappa shape index (κ2) is 7.59. The predicted molar refractivity (Wildman–Crippen MR) is 101 cm³/mol. The van der Waals surface area contributed by atoms with Crippen LogP contribution in [0, 0.1) is 6.92 Å². The van der Waals surface area contributed by atoms with Crippen LogP contribution in [-0.4, -0.2) is 28.6 Å². The highest BCUT2D eigenvalue weighted by atomic mass is 19.4. The highest BCUT2D eigenvalue weighted by Gasteiger charge is 2.30. The van der Waals surface area contributed by atoms with E-state index in [2.05, 4.69) is 10.3 Å². The van der Waals surface area contributed by atoms with Crippen molar-refractivity contribution >= 4 is 16.8 Å². The van der Waals surface area contributed by atoms with Crippen LogP contribution in [-0.2, 0) is 6.18 Å². The van der Waals surface area contributed by atoms with Gasteiger partial charge in [-0.05, 0) is 49.7 Å². The first-order valence-corrected chi connectivity index (χ1v) is 8.70. The lowest BCUT2D eigenvalue weighted by Gasteiger charge is -2.12. The van der Waals surface area contributed by atoms with Crippen molar-refractivity contribution in [3.8, 4) is 11.3 Å². The molecule has 4 nitrogen and oxygen atoms in total. The van der Waals surface area contributed by atoms with E-state index in [-0.39, 0.29) is 18.6 Å². The van der Waals surface area contributed by atoms with Gasteiger partial charge in [0, 0.05) is 22.6 Å². The summed E-state index contributed by atoms with van der Waals surface area (Å²) in [5.41, 5.74) is 2.23. The second-order valence-electron chi connectivity index (χ2n) is 6.69.